The lowest BCUT2D eigenvalue weighted by atomic mass is 10.2. The summed E-state index contributed by atoms with van der Waals surface area (Å²) in [5, 5.41) is 22.4. The number of hydrogen-bond donors (Lipinski definition) is 3. The molecule has 0 atom stereocenters. The van der Waals surface area contributed by atoms with Crippen LogP contribution in [0.4, 0.5) is 11.4 Å². The Bertz CT molecular complexity index is 532. The van der Waals surface area contributed by atoms with Crippen molar-refractivity contribution >= 4 is 11.4 Å². The molecule has 19 heavy (non-hydrogen) atoms. The smallest absolute Gasteiger partial charge is 0.160 e. The van der Waals surface area contributed by atoms with Gasteiger partial charge in [-0.1, -0.05) is 0 Å². The predicted molar refractivity (Wildman–Crippen MR) is 72.6 cm³/mol. The Morgan fingerprint density at radius 3 is 1.53 bits per heavy atom. The first-order chi connectivity index (χ1) is 9.13. The third-order valence-corrected chi connectivity index (χ3v) is 2.65. The standard InChI is InChI=1S/C14H15NO4/c1-18-13-5-3-9(7-11(13)16)15-10-4-6-14(19-2)12(17)8-10/h3-8,15-17H,1-2H3. The van der Waals surface area contributed by atoms with Crippen LogP contribution in [0.15, 0.2) is 36.4 Å². The van der Waals surface area contributed by atoms with Crippen molar-refractivity contribution in [1.29, 1.82) is 0 Å². The van der Waals surface area contributed by atoms with Crippen LogP contribution in [0.1, 0.15) is 0 Å². The average molecular weight is 261 g/mol. The highest BCUT2D eigenvalue weighted by Gasteiger charge is 2.05. The van der Waals surface area contributed by atoms with E-state index in [1.54, 1.807) is 36.4 Å². The maximum Gasteiger partial charge on any atom is 0.160 e. The summed E-state index contributed by atoms with van der Waals surface area (Å²) in [5.74, 6) is 0.904. The highest BCUT2D eigenvalue weighted by Crippen LogP contribution is 2.33. The summed E-state index contributed by atoms with van der Waals surface area (Å²) in [6.07, 6.45) is 0. The number of anilines is 2. The monoisotopic (exact) mass is 261 g/mol. The Kier molecular flexibility index (Phi) is 3.66. The van der Waals surface area contributed by atoms with Crippen molar-refractivity contribution in [2.75, 3.05) is 19.5 Å². The van der Waals surface area contributed by atoms with E-state index in [0.29, 0.717) is 22.9 Å². The molecular formula is C14H15NO4. The van der Waals surface area contributed by atoms with Gasteiger partial charge in [0, 0.05) is 23.5 Å². The fourth-order valence-corrected chi connectivity index (χ4v) is 1.70. The number of benzene rings is 2. The van der Waals surface area contributed by atoms with Crippen LogP contribution in [-0.4, -0.2) is 24.4 Å². The Morgan fingerprint density at radius 2 is 1.21 bits per heavy atom. The summed E-state index contributed by atoms with van der Waals surface area (Å²) < 4.78 is 9.93. The quantitative estimate of drug-likeness (QED) is 0.789. The number of rotatable bonds is 4. The van der Waals surface area contributed by atoms with E-state index in [1.165, 1.54) is 14.2 Å². The molecule has 2 rings (SSSR count). The molecule has 0 spiro atoms. The Balaban J connectivity index is 2.21. The van der Waals surface area contributed by atoms with Crippen molar-refractivity contribution in [3.8, 4) is 23.0 Å². The minimum Gasteiger partial charge on any atom is -0.504 e. The van der Waals surface area contributed by atoms with Crippen LogP contribution in [-0.2, 0) is 0 Å². The van der Waals surface area contributed by atoms with E-state index in [1.807, 2.05) is 0 Å². The van der Waals surface area contributed by atoms with Crippen molar-refractivity contribution < 1.29 is 19.7 Å². The molecule has 0 unspecified atom stereocenters. The Hall–Kier alpha value is -2.56. The van der Waals surface area contributed by atoms with E-state index in [9.17, 15) is 10.2 Å². The van der Waals surface area contributed by atoms with Gasteiger partial charge in [0.1, 0.15) is 0 Å². The second-order valence-corrected chi connectivity index (χ2v) is 3.90. The maximum atomic E-state index is 9.67. The molecule has 0 fully saturated rings. The lowest BCUT2D eigenvalue weighted by Crippen LogP contribution is -1.92. The van der Waals surface area contributed by atoms with Crippen LogP contribution in [0.25, 0.3) is 0 Å². The van der Waals surface area contributed by atoms with Gasteiger partial charge in [-0.25, -0.2) is 0 Å². The van der Waals surface area contributed by atoms with Gasteiger partial charge < -0.3 is 25.0 Å². The third-order valence-electron chi connectivity index (χ3n) is 2.65. The molecule has 0 aliphatic heterocycles. The van der Waals surface area contributed by atoms with Gasteiger partial charge in [0.25, 0.3) is 0 Å². The molecule has 0 radical (unpaired) electrons. The molecule has 0 saturated carbocycles. The molecular weight excluding hydrogens is 246 g/mol. The summed E-state index contributed by atoms with van der Waals surface area (Å²) in [5.41, 5.74) is 1.37. The van der Waals surface area contributed by atoms with Gasteiger partial charge in [0.15, 0.2) is 23.0 Å². The fraction of sp³-hybridized carbons (Fsp3) is 0.143. The number of nitrogens with one attached hydrogen (secondary N) is 1. The maximum absolute atomic E-state index is 9.67. The molecule has 5 heteroatoms. The molecule has 5 nitrogen and oxygen atoms in total. The zero-order chi connectivity index (χ0) is 13.8. The van der Waals surface area contributed by atoms with E-state index in [4.69, 9.17) is 9.47 Å². The van der Waals surface area contributed by atoms with E-state index in [0.717, 1.165) is 0 Å². The van der Waals surface area contributed by atoms with E-state index in [-0.39, 0.29) is 11.5 Å². The summed E-state index contributed by atoms with van der Waals surface area (Å²) in [6, 6.07) is 9.92. The largest absolute Gasteiger partial charge is 0.504 e. The zero-order valence-electron chi connectivity index (χ0n) is 10.7. The molecule has 0 heterocycles. The molecule has 0 saturated heterocycles. The number of hydrogen-bond acceptors (Lipinski definition) is 5. The van der Waals surface area contributed by atoms with Crippen LogP contribution in [0, 0.1) is 0 Å². The summed E-state index contributed by atoms with van der Waals surface area (Å²) in [4.78, 5) is 0. The average Bonchev–Trinajstić information content (AvgIpc) is 2.39. The second-order valence-electron chi connectivity index (χ2n) is 3.90. The van der Waals surface area contributed by atoms with Crippen molar-refractivity contribution in [2.24, 2.45) is 0 Å². The molecule has 100 valence electrons. The van der Waals surface area contributed by atoms with Gasteiger partial charge in [-0.05, 0) is 24.3 Å². The summed E-state index contributed by atoms with van der Waals surface area (Å²) in [7, 11) is 2.98. The minimum absolute atomic E-state index is 0.0465. The predicted octanol–water partition coefficient (Wildman–Crippen LogP) is 2.86. The Morgan fingerprint density at radius 1 is 0.789 bits per heavy atom. The normalized spacial score (nSPS) is 10.0. The molecule has 0 aromatic heterocycles. The van der Waals surface area contributed by atoms with Gasteiger partial charge in [0.2, 0.25) is 0 Å². The molecule has 0 aliphatic rings. The number of ether oxygens (including phenoxy) is 2. The number of methoxy groups -OCH3 is 2. The second kappa shape index (κ2) is 5.39. The van der Waals surface area contributed by atoms with Crippen LogP contribution in [0.2, 0.25) is 0 Å². The van der Waals surface area contributed by atoms with Crippen LogP contribution >= 0.6 is 0 Å². The lowest BCUT2D eigenvalue weighted by Gasteiger charge is -2.10. The topological polar surface area (TPSA) is 71.0 Å². The van der Waals surface area contributed by atoms with Gasteiger partial charge in [0.05, 0.1) is 14.2 Å². The Labute approximate surface area is 111 Å². The van der Waals surface area contributed by atoms with Crippen LogP contribution in [0.3, 0.4) is 0 Å². The number of aromatic hydroxyl groups is 2. The van der Waals surface area contributed by atoms with Crippen LogP contribution < -0.4 is 14.8 Å². The molecule has 0 amide bonds. The minimum atomic E-state index is 0.0465. The summed E-state index contributed by atoms with van der Waals surface area (Å²) >= 11 is 0. The van der Waals surface area contributed by atoms with E-state index < -0.39 is 0 Å². The number of phenolic OH excluding ortho intramolecular Hbond substituents is 2. The molecule has 0 aliphatic carbocycles. The first-order valence-corrected chi connectivity index (χ1v) is 5.65. The van der Waals surface area contributed by atoms with Crippen molar-refractivity contribution in [3.63, 3.8) is 0 Å². The lowest BCUT2D eigenvalue weighted by molar-refractivity contribution is 0.373. The molecule has 0 bridgehead atoms. The van der Waals surface area contributed by atoms with E-state index in [2.05, 4.69) is 5.32 Å². The van der Waals surface area contributed by atoms with Crippen LogP contribution in [0.5, 0.6) is 23.0 Å². The highest BCUT2D eigenvalue weighted by atomic mass is 16.5. The van der Waals surface area contributed by atoms with Crippen molar-refractivity contribution in [3.05, 3.63) is 36.4 Å². The molecule has 2 aromatic carbocycles. The summed E-state index contributed by atoms with van der Waals surface area (Å²) in [6.45, 7) is 0. The third kappa shape index (κ3) is 2.82. The molecule has 3 N–H and O–H groups in total. The first-order valence-electron chi connectivity index (χ1n) is 5.65. The molecule has 2 aromatic rings. The van der Waals surface area contributed by atoms with Gasteiger partial charge >= 0.3 is 0 Å². The highest BCUT2D eigenvalue weighted by molar-refractivity contribution is 5.65. The fourth-order valence-electron chi connectivity index (χ4n) is 1.70. The first kappa shape index (κ1) is 12.9. The van der Waals surface area contributed by atoms with Crippen molar-refractivity contribution in [1.82, 2.24) is 0 Å². The van der Waals surface area contributed by atoms with Gasteiger partial charge in [-0.3, -0.25) is 0 Å². The van der Waals surface area contributed by atoms with Gasteiger partial charge in [-0.2, -0.15) is 0 Å². The SMILES string of the molecule is COc1ccc(Nc2ccc(OC)c(O)c2)cc1O. The number of phenols is 2. The van der Waals surface area contributed by atoms with Crippen molar-refractivity contribution in [2.45, 2.75) is 0 Å². The van der Waals surface area contributed by atoms with E-state index >= 15 is 0 Å². The van der Waals surface area contributed by atoms with Gasteiger partial charge in [-0.15, -0.1) is 0 Å². The zero-order valence-corrected chi connectivity index (χ0v) is 10.7.